The molecule has 0 radical (unpaired) electrons. The second-order valence-corrected chi connectivity index (χ2v) is 6.01. The Morgan fingerprint density at radius 3 is 2.65 bits per heavy atom. The van der Waals surface area contributed by atoms with Crippen molar-refractivity contribution in [2.45, 2.75) is 6.92 Å². The molecule has 1 aliphatic heterocycles. The van der Waals surface area contributed by atoms with Gasteiger partial charge in [-0.1, -0.05) is 22.9 Å². The molecule has 20 heavy (non-hydrogen) atoms. The molecule has 5 nitrogen and oxygen atoms in total. The van der Waals surface area contributed by atoms with Crippen molar-refractivity contribution in [3.05, 3.63) is 28.2 Å². The van der Waals surface area contributed by atoms with E-state index < -0.39 is 0 Å². The maximum atomic E-state index is 12.5. The number of rotatable bonds is 2. The fourth-order valence-corrected chi connectivity index (χ4v) is 3.02. The van der Waals surface area contributed by atoms with Crippen LogP contribution < -0.4 is 5.73 Å². The number of nitrogens with two attached hydrogens (primary N) is 1. The number of methoxy groups -OCH3 is 1. The Balaban J connectivity index is 2.16. The van der Waals surface area contributed by atoms with Gasteiger partial charge in [-0.3, -0.25) is 9.59 Å². The van der Waals surface area contributed by atoms with Crippen LogP contribution >= 0.6 is 15.9 Å². The van der Waals surface area contributed by atoms with Gasteiger partial charge in [0, 0.05) is 28.8 Å². The minimum atomic E-state index is -0.262. The average Bonchev–Trinajstić information content (AvgIpc) is 2.78. The molecule has 2 unspecified atom stereocenters. The molecule has 1 saturated heterocycles. The average molecular weight is 341 g/mol. The Kier molecular flexibility index (Phi) is 4.32. The van der Waals surface area contributed by atoms with Crippen molar-refractivity contribution in [3.63, 3.8) is 0 Å². The van der Waals surface area contributed by atoms with Crippen LogP contribution in [0.4, 0.5) is 5.69 Å². The van der Waals surface area contributed by atoms with E-state index in [2.05, 4.69) is 15.9 Å². The number of halogens is 1. The van der Waals surface area contributed by atoms with Crippen LogP contribution in [0.1, 0.15) is 17.3 Å². The summed E-state index contributed by atoms with van der Waals surface area (Å²) in [7, 11) is 1.37. The third-order valence-electron chi connectivity index (χ3n) is 3.57. The standard InChI is InChI=1S/C14H17BrN2O3/c1-8-6-17(7-12(8)14(19)20-2)13(18)9-3-10(15)5-11(16)4-9/h3-5,8,12H,6-7,16H2,1-2H3. The topological polar surface area (TPSA) is 72.6 Å². The van der Waals surface area contributed by atoms with E-state index >= 15 is 0 Å². The lowest BCUT2D eigenvalue weighted by Crippen LogP contribution is -2.30. The van der Waals surface area contributed by atoms with E-state index in [1.54, 1.807) is 23.1 Å². The number of anilines is 1. The zero-order valence-electron chi connectivity index (χ0n) is 11.4. The Hall–Kier alpha value is -1.56. The lowest BCUT2D eigenvalue weighted by molar-refractivity contribution is -0.146. The Morgan fingerprint density at radius 2 is 2.05 bits per heavy atom. The molecule has 108 valence electrons. The number of benzene rings is 1. The normalized spacial score (nSPS) is 21.9. The van der Waals surface area contributed by atoms with E-state index in [-0.39, 0.29) is 23.7 Å². The molecule has 0 aromatic heterocycles. The summed E-state index contributed by atoms with van der Waals surface area (Å²) < 4.78 is 5.53. The lowest BCUT2D eigenvalue weighted by Gasteiger charge is -2.16. The number of esters is 1. The van der Waals surface area contributed by atoms with Crippen LogP contribution in [0.2, 0.25) is 0 Å². The van der Waals surface area contributed by atoms with Crippen LogP contribution in [0, 0.1) is 11.8 Å². The zero-order valence-corrected chi connectivity index (χ0v) is 13.0. The van der Waals surface area contributed by atoms with Gasteiger partial charge in [0.05, 0.1) is 13.0 Å². The Morgan fingerprint density at radius 1 is 1.35 bits per heavy atom. The van der Waals surface area contributed by atoms with Crippen LogP contribution in [0.25, 0.3) is 0 Å². The fourth-order valence-electron chi connectivity index (χ4n) is 2.51. The quantitative estimate of drug-likeness (QED) is 0.659. The molecular weight excluding hydrogens is 324 g/mol. The summed E-state index contributed by atoms with van der Waals surface area (Å²) in [6.07, 6.45) is 0. The number of hydrogen-bond donors (Lipinski definition) is 1. The van der Waals surface area contributed by atoms with Gasteiger partial charge in [-0.15, -0.1) is 0 Å². The van der Waals surface area contributed by atoms with Crippen molar-refractivity contribution < 1.29 is 14.3 Å². The molecule has 1 amide bonds. The first-order valence-electron chi connectivity index (χ1n) is 6.35. The molecule has 2 atom stereocenters. The van der Waals surface area contributed by atoms with Crippen LogP contribution in [0.15, 0.2) is 22.7 Å². The highest BCUT2D eigenvalue weighted by Gasteiger charge is 2.37. The number of carbonyl (C=O) groups is 2. The van der Waals surface area contributed by atoms with E-state index in [4.69, 9.17) is 10.5 Å². The highest BCUT2D eigenvalue weighted by Crippen LogP contribution is 2.26. The molecule has 6 heteroatoms. The van der Waals surface area contributed by atoms with Crippen LogP contribution in [0.5, 0.6) is 0 Å². The van der Waals surface area contributed by atoms with Crippen molar-refractivity contribution in [2.75, 3.05) is 25.9 Å². The summed E-state index contributed by atoms with van der Waals surface area (Å²) in [6, 6.07) is 5.11. The van der Waals surface area contributed by atoms with Crippen LogP contribution in [-0.2, 0) is 9.53 Å². The van der Waals surface area contributed by atoms with Crippen LogP contribution in [-0.4, -0.2) is 37.0 Å². The molecule has 1 aromatic rings. The van der Waals surface area contributed by atoms with Gasteiger partial charge in [-0.2, -0.15) is 0 Å². The molecule has 2 N–H and O–H groups in total. The molecule has 0 aliphatic carbocycles. The van der Waals surface area contributed by atoms with Gasteiger partial charge < -0.3 is 15.4 Å². The first-order chi connectivity index (χ1) is 9.42. The summed E-state index contributed by atoms with van der Waals surface area (Å²) in [5.74, 6) is -0.540. The number of carbonyl (C=O) groups excluding carboxylic acids is 2. The summed E-state index contributed by atoms with van der Waals surface area (Å²) in [4.78, 5) is 25.8. The largest absolute Gasteiger partial charge is 0.469 e. The number of ether oxygens (including phenoxy) is 1. The molecule has 0 saturated carbocycles. The number of nitrogen functional groups attached to an aromatic ring is 1. The third kappa shape index (κ3) is 2.95. The summed E-state index contributed by atoms with van der Waals surface area (Å²) in [6.45, 7) is 2.88. The molecule has 1 aliphatic rings. The van der Waals surface area contributed by atoms with Gasteiger partial charge >= 0.3 is 5.97 Å². The number of amides is 1. The van der Waals surface area contributed by atoms with Crippen molar-refractivity contribution in [2.24, 2.45) is 11.8 Å². The highest BCUT2D eigenvalue weighted by molar-refractivity contribution is 9.10. The first-order valence-corrected chi connectivity index (χ1v) is 7.15. The minimum absolute atomic E-state index is 0.0934. The van der Waals surface area contributed by atoms with Crippen LogP contribution in [0.3, 0.4) is 0 Å². The third-order valence-corrected chi connectivity index (χ3v) is 4.03. The molecule has 0 spiro atoms. The molecule has 1 fully saturated rings. The van der Waals surface area contributed by atoms with E-state index in [1.807, 2.05) is 6.92 Å². The van der Waals surface area contributed by atoms with Gasteiger partial charge in [0.15, 0.2) is 0 Å². The van der Waals surface area contributed by atoms with Gasteiger partial charge in [-0.25, -0.2) is 0 Å². The summed E-state index contributed by atoms with van der Waals surface area (Å²) in [5, 5.41) is 0. The van der Waals surface area contributed by atoms with Gasteiger partial charge in [0.1, 0.15) is 0 Å². The smallest absolute Gasteiger partial charge is 0.310 e. The fraction of sp³-hybridized carbons (Fsp3) is 0.429. The second-order valence-electron chi connectivity index (χ2n) is 5.09. The second kappa shape index (κ2) is 5.83. The number of hydrogen-bond acceptors (Lipinski definition) is 4. The van der Waals surface area contributed by atoms with Crippen molar-refractivity contribution >= 4 is 33.5 Å². The van der Waals surface area contributed by atoms with Crippen molar-refractivity contribution in [3.8, 4) is 0 Å². The summed E-state index contributed by atoms with van der Waals surface area (Å²) >= 11 is 3.32. The predicted octanol–water partition coefficient (Wildman–Crippen LogP) is 1.91. The lowest BCUT2D eigenvalue weighted by atomic mass is 9.99. The Labute approximate surface area is 126 Å². The zero-order chi connectivity index (χ0) is 14.9. The van der Waals surface area contributed by atoms with Gasteiger partial charge in [0.25, 0.3) is 5.91 Å². The molecule has 1 heterocycles. The number of nitrogens with zero attached hydrogens (tertiary/aromatic N) is 1. The predicted molar refractivity (Wildman–Crippen MR) is 79.1 cm³/mol. The van der Waals surface area contributed by atoms with Gasteiger partial charge in [-0.05, 0) is 24.1 Å². The van der Waals surface area contributed by atoms with E-state index in [0.29, 0.717) is 24.3 Å². The molecule has 0 bridgehead atoms. The number of likely N-dealkylation sites (tertiary alicyclic amines) is 1. The van der Waals surface area contributed by atoms with E-state index in [0.717, 1.165) is 4.47 Å². The monoisotopic (exact) mass is 340 g/mol. The van der Waals surface area contributed by atoms with Crippen molar-refractivity contribution in [1.82, 2.24) is 4.90 Å². The van der Waals surface area contributed by atoms with E-state index in [9.17, 15) is 9.59 Å². The minimum Gasteiger partial charge on any atom is -0.469 e. The van der Waals surface area contributed by atoms with Gasteiger partial charge in [0.2, 0.25) is 0 Å². The van der Waals surface area contributed by atoms with Crippen molar-refractivity contribution in [1.29, 1.82) is 0 Å². The SMILES string of the molecule is COC(=O)C1CN(C(=O)c2cc(N)cc(Br)c2)CC1C. The summed E-state index contributed by atoms with van der Waals surface area (Å²) in [5.41, 5.74) is 6.80. The molecular formula is C14H17BrN2O3. The Bertz CT molecular complexity index is 527. The first kappa shape index (κ1) is 14.8. The molecule has 1 aromatic carbocycles. The highest BCUT2D eigenvalue weighted by atomic mass is 79.9. The molecule has 2 rings (SSSR count). The maximum Gasteiger partial charge on any atom is 0.310 e. The maximum absolute atomic E-state index is 12.5. The van der Waals surface area contributed by atoms with E-state index in [1.165, 1.54) is 7.11 Å².